The van der Waals surface area contributed by atoms with Gasteiger partial charge in [0.15, 0.2) is 0 Å². The number of halogens is 1. The van der Waals surface area contributed by atoms with E-state index in [9.17, 15) is 4.79 Å². The molecule has 1 aromatic heterocycles. The van der Waals surface area contributed by atoms with Crippen LogP contribution in [0.2, 0.25) is 5.02 Å². The molecule has 2 aromatic rings. The lowest BCUT2D eigenvalue weighted by molar-refractivity contribution is 0.100. The van der Waals surface area contributed by atoms with Crippen LogP contribution in [0.4, 0.5) is 0 Å². The molecular formula is C13H15ClN4O2S. The van der Waals surface area contributed by atoms with E-state index >= 15 is 0 Å². The van der Waals surface area contributed by atoms with Crippen molar-refractivity contribution in [3.63, 3.8) is 0 Å². The number of aryl methyl sites for hydroxylation is 1. The van der Waals surface area contributed by atoms with Gasteiger partial charge < -0.3 is 4.74 Å². The van der Waals surface area contributed by atoms with Crippen molar-refractivity contribution in [2.75, 3.05) is 18.3 Å². The highest BCUT2D eigenvalue weighted by molar-refractivity contribution is 7.99. The van der Waals surface area contributed by atoms with Crippen molar-refractivity contribution in [2.45, 2.75) is 19.0 Å². The van der Waals surface area contributed by atoms with Gasteiger partial charge in [-0.05, 0) is 30.9 Å². The lowest BCUT2D eigenvalue weighted by atomic mass is 10.2. The summed E-state index contributed by atoms with van der Waals surface area (Å²) < 4.78 is 6.74. The third-order valence-electron chi connectivity index (χ3n) is 2.69. The normalized spacial score (nSPS) is 10.5. The van der Waals surface area contributed by atoms with Gasteiger partial charge in [0.05, 0.1) is 12.7 Å². The fraction of sp³-hybridized carbons (Fsp3) is 0.308. The first-order valence-corrected chi connectivity index (χ1v) is 7.63. The number of nitrogens with zero attached hydrogens (tertiary/aromatic N) is 3. The second kappa shape index (κ2) is 6.82. The number of ether oxygens (including phenoxy) is 1. The topological polar surface area (TPSA) is 69.0 Å². The summed E-state index contributed by atoms with van der Waals surface area (Å²) in [6.45, 7) is 3.77. The number of methoxy groups -OCH3 is 1. The van der Waals surface area contributed by atoms with E-state index < -0.39 is 0 Å². The van der Waals surface area contributed by atoms with Gasteiger partial charge in [-0.25, -0.2) is 4.68 Å². The number of carbonyl (C=O) groups is 1. The van der Waals surface area contributed by atoms with Crippen LogP contribution in [-0.2, 0) is 0 Å². The zero-order valence-corrected chi connectivity index (χ0v) is 13.5. The van der Waals surface area contributed by atoms with Gasteiger partial charge in [0.25, 0.3) is 5.91 Å². The summed E-state index contributed by atoms with van der Waals surface area (Å²) in [5, 5.41) is 9.07. The number of rotatable bonds is 5. The van der Waals surface area contributed by atoms with Crippen LogP contribution >= 0.6 is 23.4 Å². The molecule has 0 fully saturated rings. The molecule has 0 saturated heterocycles. The third-order valence-corrected chi connectivity index (χ3v) is 3.73. The molecule has 21 heavy (non-hydrogen) atoms. The Morgan fingerprint density at radius 2 is 2.24 bits per heavy atom. The number of nitrogens with one attached hydrogen (secondary N) is 1. The lowest BCUT2D eigenvalue weighted by Crippen LogP contribution is -2.25. The van der Waals surface area contributed by atoms with E-state index in [4.69, 9.17) is 16.3 Å². The van der Waals surface area contributed by atoms with Crippen molar-refractivity contribution in [3.8, 4) is 5.75 Å². The van der Waals surface area contributed by atoms with Gasteiger partial charge in [0.2, 0.25) is 5.16 Å². The lowest BCUT2D eigenvalue weighted by Gasteiger charge is -2.12. The molecule has 0 unspecified atom stereocenters. The predicted octanol–water partition coefficient (Wildman–Crippen LogP) is 2.74. The van der Waals surface area contributed by atoms with Crippen molar-refractivity contribution >= 4 is 29.3 Å². The van der Waals surface area contributed by atoms with Gasteiger partial charge in [-0.2, -0.15) is 0 Å². The minimum absolute atomic E-state index is 0.338. The molecular weight excluding hydrogens is 312 g/mol. The first-order valence-electron chi connectivity index (χ1n) is 6.26. The van der Waals surface area contributed by atoms with Crippen LogP contribution in [0.1, 0.15) is 23.1 Å². The van der Waals surface area contributed by atoms with E-state index in [-0.39, 0.29) is 5.91 Å². The second-order valence-corrected chi connectivity index (χ2v) is 5.75. The number of thioether (sulfide) groups is 1. The number of benzene rings is 1. The fourth-order valence-electron chi connectivity index (χ4n) is 1.71. The van der Waals surface area contributed by atoms with Crippen LogP contribution in [0.15, 0.2) is 23.4 Å². The largest absolute Gasteiger partial charge is 0.496 e. The number of hydrogen-bond acceptors (Lipinski definition) is 5. The summed E-state index contributed by atoms with van der Waals surface area (Å²) in [6, 6.07) is 4.87. The highest BCUT2D eigenvalue weighted by atomic mass is 35.5. The molecule has 0 aliphatic rings. The maximum atomic E-state index is 12.4. The second-order valence-electron chi connectivity index (χ2n) is 4.08. The van der Waals surface area contributed by atoms with E-state index in [1.807, 2.05) is 6.92 Å². The quantitative estimate of drug-likeness (QED) is 0.856. The molecule has 0 aliphatic carbocycles. The van der Waals surface area contributed by atoms with Gasteiger partial charge in [-0.15, -0.1) is 10.2 Å². The zero-order valence-electron chi connectivity index (χ0n) is 11.9. The number of hydrogen-bond donors (Lipinski definition) is 1. The monoisotopic (exact) mass is 326 g/mol. The Morgan fingerprint density at radius 1 is 1.48 bits per heavy atom. The number of amides is 1. The predicted molar refractivity (Wildman–Crippen MR) is 82.9 cm³/mol. The van der Waals surface area contributed by atoms with Crippen LogP contribution in [-0.4, -0.2) is 33.6 Å². The van der Waals surface area contributed by atoms with Gasteiger partial charge in [0.1, 0.15) is 11.6 Å². The van der Waals surface area contributed by atoms with Crippen molar-refractivity contribution in [3.05, 3.63) is 34.6 Å². The molecule has 1 amide bonds. The molecule has 1 N–H and O–H groups in total. The molecule has 112 valence electrons. The van der Waals surface area contributed by atoms with E-state index in [2.05, 4.69) is 15.6 Å². The van der Waals surface area contributed by atoms with Crippen LogP contribution in [0.3, 0.4) is 0 Å². The summed E-state index contributed by atoms with van der Waals surface area (Å²) in [5.74, 6) is 1.54. The SMILES string of the molecule is CCSc1nnc(C)n1NC(=O)c1cc(Cl)ccc1OC. The number of aromatic nitrogens is 3. The van der Waals surface area contributed by atoms with Crippen molar-refractivity contribution in [1.29, 1.82) is 0 Å². The minimum Gasteiger partial charge on any atom is -0.496 e. The average Bonchev–Trinajstić information content (AvgIpc) is 2.80. The maximum Gasteiger partial charge on any atom is 0.274 e. The summed E-state index contributed by atoms with van der Waals surface area (Å²) in [6.07, 6.45) is 0. The van der Waals surface area contributed by atoms with Crippen LogP contribution in [0, 0.1) is 6.92 Å². The number of carbonyl (C=O) groups excluding carboxylic acids is 1. The molecule has 2 rings (SSSR count). The van der Waals surface area contributed by atoms with Crippen LogP contribution in [0.25, 0.3) is 0 Å². The molecule has 0 aliphatic heterocycles. The summed E-state index contributed by atoms with van der Waals surface area (Å²) in [7, 11) is 1.50. The van der Waals surface area contributed by atoms with Crippen molar-refractivity contribution in [1.82, 2.24) is 14.9 Å². The van der Waals surface area contributed by atoms with Gasteiger partial charge in [0, 0.05) is 5.02 Å². The molecule has 0 saturated carbocycles. The summed E-state index contributed by atoms with van der Waals surface area (Å²) in [5.41, 5.74) is 3.11. The molecule has 8 heteroatoms. The Balaban J connectivity index is 2.30. The van der Waals surface area contributed by atoms with E-state index in [1.165, 1.54) is 18.9 Å². The Kier molecular flexibility index (Phi) is 5.08. The third kappa shape index (κ3) is 3.48. The van der Waals surface area contributed by atoms with E-state index in [1.54, 1.807) is 29.8 Å². The van der Waals surface area contributed by atoms with Gasteiger partial charge in [-0.1, -0.05) is 30.3 Å². The standard InChI is InChI=1S/C13H15ClN4O2S/c1-4-21-13-16-15-8(2)18(13)17-12(19)10-7-9(14)5-6-11(10)20-3/h5-7H,4H2,1-3H3,(H,17,19). The van der Waals surface area contributed by atoms with Gasteiger partial charge in [-0.3, -0.25) is 10.2 Å². The molecule has 0 spiro atoms. The minimum atomic E-state index is -0.338. The zero-order chi connectivity index (χ0) is 15.4. The summed E-state index contributed by atoms with van der Waals surface area (Å²) in [4.78, 5) is 12.4. The fourth-order valence-corrected chi connectivity index (χ4v) is 2.55. The molecule has 6 nitrogen and oxygen atoms in total. The van der Waals surface area contributed by atoms with E-state index in [0.29, 0.717) is 27.3 Å². The Labute approximate surface area is 131 Å². The molecule has 1 heterocycles. The van der Waals surface area contributed by atoms with E-state index in [0.717, 1.165) is 5.75 Å². The van der Waals surface area contributed by atoms with Crippen LogP contribution in [0.5, 0.6) is 5.75 Å². The average molecular weight is 327 g/mol. The Morgan fingerprint density at radius 3 is 2.90 bits per heavy atom. The Bertz CT molecular complexity index is 660. The summed E-state index contributed by atoms with van der Waals surface area (Å²) >= 11 is 7.43. The van der Waals surface area contributed by atoms with Crippen molar-refractivity contribution < 1.29 is 9.53 Å². The maximum absolute atomic E-state index is 12.4. The highest BCUT2D eigenvalue weighted by Gasteiger charge is 2.16. The van der Waals surface area contributed by atoms with Crippen LogP contribution < -0.4 is 10.2 Å². The first kappa shape index (κ1) is 15.7. The molecule has 1 aromatic carbocycles. The Hall–Kier alpha value is -1.73. The molecule has 0 bridgehead atoms. The smallest absolute Gasteiger partial charge is 0.274 e. The molecule has 0 atom stereocenters. The first-order chi connectivity index (χ1) is 10.1. The van der Waals surface area contributed by atoms with Gasteiger partial charge >= 0.3 is 0 Å². The van der Waals surface area contributed by atoms with Crippen molar-refractivity contribution in [2.24, 2.45) is 0 Å². The highest BCUT2D eigenvalue weighted by Crippen LogP contribution is 2.23. The molecule has 0 radical (unpaired) electrons.